The molecule has 100 valence electrons. The highest BCUT2D eigenvalue weighted by atomic mass is 19.1. The van der Waals surface area contributed by atoms with Crippen LogP contribution in [0.4, 0.5) is 20.4 Å². The molecule has 1 heterocycles. The highest BCUT2D eigenvalue weighted by Crippen LogP contribution is 2.35. The molecule has 0 radical (unpaired) electrons. The SMILES string of the molecule is CNc1nc(NCC2(OC)CCC2)c(F)cc1F. The minimum absolute atomic E-state index is 0.0268. The Hall–Kier alpha value is -1.43. The topological polar surface area (TPSA) is 46.2 Å². The van der Waals surface area contributed by atoms with Crippen LogP contribution in [-0.4, -0.2) is 31.3 Å². The Morgan fingerprint density at radius 1 is 1.33 bits per heavy atom. The number of hydrogen-bond donors (Lipinski definition) is 2. The number of anilines is 2. The molecule has 0 saturated heterocycles. The van der Waals surface area contributed by atoms with Crippen molar-refractivity contribution >= 4 is 11.6 Å². The number of aromatic nitrogens is 1. The van der Waals surface area contributed by atoms with Gasteiger partial charge >= 0.3 is 0 Å². The van der Waals surface area contributed by atoms with Crippen LogP contribution in [0.25, 0.3) is 0 Å². The third-order valence-electron chi connectivity index (χ3n) is 3.44. The summed E-state index contributed by atoms with van der Waals surface area (Å²) in [5.74, 6) is -1.33. The molecule has 1 aliphatic rings. The number of ether oxygens (including phenoxy) is 1. The second-order valence-electron chi connectivity index (χ2n) is 4.49. The molecule has 18 heavy (non-hydrogen) atoms. The van der Waals surface area contributed by atoms with Crippen LogP contribution in [-0.2, 0) is 4.74 Å². The lowest BCUT2D eigenvalue weighted by Crippen LogP contribution is -2.45. The molecule has 6 heteroatoms. The lowest BCUT2D eigenvalue weighted by molar-refractivity contribution is -0.0602. The smallest absolute Gasteiger partial charge is 0.168 e. The van der Waals surface area contributed by atoms with Gasteiger partial charge in [-0.1, -0.05) is 0 Å². The molecule has 0 spiro atoms. The quantitative estimate of drug-likeness (QED) is 0.850. The minimum atomic E-state index is -0.703. The standard InChI is InChI=1S/C12H17F2N3O/c1-15-10-8(13)6-9(14)11(17-10)16-7-12(18-2)4-3-5-12/h6H,3-5,7H2,1-2H3,(H2,15,16,17). The molecule has 1 aliphatic carbocycles. The molecule has 2 rings (SSSR count). The van der Waals surface area contributed by atoms with Crippen molar-refractivity contribution in [1.29, 1.82) is 0 Å². The van der Waals surface area contributed by atoms with Crippen LogP contribution in [0.5, 0.6) is 0 Å². The van der Waals surface area contributed by atoms with Gasteiger partial charge in [-0.25, -0.2) is 13.8 Å². The van der Waals surface area contributed by atoms with E-state index < -0.39 is 11.6 Å². The van der Waals surface area contributed by atoms with Crippen molar-refractivity contribution in [2.45, 2.75) is 24.9 Å². The second-order valence-corrected chi connectivity index (χ2v) is 4.49. The van der Waals surface area contributed by atoms with Crippen LogP contribution in [0.3, 0.4) is 0 Å². The monoisotopic (exact) mass is 257 g/mol. The van der Waals surface area contributed by atoms with Gasteiger partial charge in [0.05, 0.1) is 5.60 Å². The molecule has 1 fully saturated rings. The van der Waals surface area contributed by atoms with Gasteiger partial charge in [0.1, 0.15) is 0 Å². The summed E-state index contributed by atoms with van der Waals surface area (Å²) in [6, 6.07) is 0.821. The summed E-state index contributed by atoms with van der Waals surface area (Å²) in [4.78, 5) is 3.86. The fraction of sp³-hybridized carbons (Fsp3) is 0.583. The molecule has 0 bridgehead atoms. The van der Waals surface area contributed by atoms with E-state index in [2.05, 4.69) is 15.6 Å². The van der Waals surface area contributed by atoms with Crippen molar-refractivity contribution in [3.63, 3.8) is 0 Å². The van der Waals surface area contributed by atoms with Gasteiger partial charge in [0.2, 0.25) is 0 Å². The predicted molar refractivity (Wildman–Crippen MR) is 65.8 cm³/mol. The van der Waals surface area contributed by atoms with Gasteiger partial charge in [-0.15, -0.1) is 0 Å². The van der Waals surface area contributed by atoms with E-state index in [1.165, 1.54) is 7.05 Å². The number of halogens is 2. The van der Waals surface area contributed by atoms with Crippen molar-refractivity contribution in [3.8, 4) is 0 Å². The number of methoxy groups -OCH3 is 1. The Morgan fingerprint density at radius 2 is 2.00 bits per heavy atom. The fourth-order valence-corrected chi connectivity index (χ4v) is 2.03. The maximum Gasteiger partial charge on any atom is 0.168 e. The van der Waals surface area contributed by atoms with Gasteiger partial charge < -0.3 is 15.4 Å². The molecule has 1 aromatic rings. The summed E-state index contributed by atoms with van der Waals surface area (Å²) >= 11 is 0. The lowest BCUT2D eigenvalue weighted by atomic mass is 9.80. The molecular formula is C12H17F2N3O. The molecule has 1 aromatic heterocycles. The molecule has 0 atom stereocenters. The zero-order valence-electron chi connectivity index (χ0n) is 10.5. The number of nitrogens with one attached hydrogen (secondary N) is 2. The van der Waals surface area contributed by atoms with Gasteiger partial charge in [-0.3, -0.25) is 0 Å². The van der Waals surface area contributed by atoms with E-state index in [1.54, 1.807) is 7.11 Å². The summed E-state index contributed by atoms with van der Waals surface area (Å²) in [6.45, 7) is 0.474. The normalized spacial score (nSPS) is 17.1. The van der Waals surface area contributed by atoms with Gasteiger partial charge in [0, 0.05) is 26.8 Å². The second kappa shape index (κ2) is 5.06. The first kappa shape index (κ1) is 13.0. The Labute approximate surface area is 105 Å². The summed E-state index contributed by atoms with van der Waals surface area (Å²) in [7, 11) is 3.18. The van der Waals surface area contributed by atoms with Crippen molar-refractivity contribution in [2.24, 2.45) is 0 Å². The Bertz CT molecular complexity index is 430. The van der Waals surface area contributed by atoms with Crippen molar-refractivity contribution < 1.29 is 13.5 Å². The average molecular weight is 257 g/mol. The van der Waals surface area contributed by atoms with Crippen LogP contribution < -0.4 is 10.6 Å². The van der Waals surface area contributed by atoms with E-state index in [1.807, 2.05) is 0 Å². The van der Waals surface area contributed by atoms with Crippen LogP contribution in [0.2, 0.25) is 0 Å². The van der Waals surface area contributed by atoms with Crippen molar-refractivity contribution in [1.82, 2.24) is 4.98 Å². The molecule has 0 aliphatic heterocycles. The third kappa shape index (κ3) is 2.38. The maximum absolute atomic E-state index is 13.5. The Balaban J connectivity index is 2.09. The van der Waals surface area contributed by atoms with Gasteiger partial charge in [0.25, 0.3) is 0 Å². The zero-order valence-corrected chi connectivity index (χ0v) is 10.5. The lowest BCUT2D eigenvalue weighted by Gasteiger charge is -2.40. The van der Waals surface area contributed by atoms with Gasteiger partial charge in [-0.2, -0.15) is 0 Å². The van der Waals surface area contributed by atoms with E-state index in [9.17, 15) is 8.78 Å². The molecule has 0 amide bonds. The summed E-state index contributed by atoms with van der Waals surface area (Å²) in [5, 5.41) is 5.47. The zero-order chi connectivity index (χ0) is 13.2. The average Bonchev–Trinajstić information content (AvgIpc) is 2.30. The third-order valence-corrected chi connectivity index (χ3v) is 3.44. The molecule has 1 saturated carbocycles. The largest absolute Gasteiger partial charge is 0.376 e. The van der Waals surface area contributed by atoms with Crippen molar-refractivity contribution in [2.75, 3.05) is 31.3 Å². The first-order valence-electron chi connectivity index (χ1n) is 5.93. The summed E-state index contributed by atoms with van der Waals surface area (Å²) in [6.07, 6.45) is 2.99. The number of nitrogens with zero attached hydrogens (tertiary/aromatic N) is 1. The van der Waals surface area contributed by atoms with E-state index >= 15 is 0 Å². The summed E-state index contributed by atoms with van der Waals surface area (Å²) in [5.41, 5.74) is -0.234. The summed E-state index contributed by atoms with van der Waals surface area (Å²) < 4.78 is 32.2. The Morgan fingerprint density at radius 3 is 2.50 bits per heavy atom. The Kier molecular flexibility index (Phi) is 3.65. The highest BCUT2D eigenvalue weighted by Gasteiger charge is 2.37. The van der Waals surface area contributed by atoms with Crippen LogP contribution in [0, 0.1) is 11.6 Å². The molecule has 0 unspecified atom stereocenters. The number of rotatable bonds is 5. The van der Waals surface area contributed by atoms with E-state index in [4.69, 9.17) is 4.74 Å². The first-order chi connectivity index (χ1) is 8.60. The molecule has 4 nitrogen and oxygen atoms in total. The van der Waals surface area contributed by atoms with Crippen LogP contribution >= 0.6 is 0 Å². The van der Waals surface area contributed by atoms with E-state index in [0.717, 1.165) is 25.3 Å². The molecular weight excluding hydrogens is 240 g/mol. The number of pyridine rings is 1. The number of hydrogen-bond acceptors (Lipinski definition) is 4. The highest BCUT2D eigenvalue weighted by molar-refractivity contribution is 5.47. The van der Waals surface area contributed by atoms with E-state index in [0.29, 0.717) is 6.54 Å². The van der Waals surface area contributed by atoms with Gasteiger partial charge in [0.15, 0.2) is 23.3 Å². The predicted octanol–water partition coefficient (Wildman–Crippen LogP) is 2.38. The van der Waals surface area contributed by atoms with Crippen LogP contribution in [0.15, 0.2) is 6.07 Å². The van der Waals surface area contributed by atoms with Crippen LogP contribution in [0.1, 0.15) is 19.3 Å². The maximum atomic E-state index is 13.5. The molecule has 2 N–H and O–H groups in total. The van der Waals surface area contributed by atoms with Gasteiger partial charge in [-0.05, 0) is 19.3 Å². The first-order valence-corrected chi connectivity index (χ1v) is 5.93. The molecule has 0 aromatic carbocycles. The van der Waals surface area contributed by atoms with Crippen molar-refractivity contribution in [3.05, 3.63) is 17.7 Å². The minimum Gasteiger partial charge on any atom is -0.376 e. The fourth-order valence-electron chi connectivity index (χ4n) is 2.03. The van der Waals surface area contributed by atoms with E-state index in [-0.39, 0.29) is 17.2 Å².